The van der Waals surface area contributed by atoms with Crippen LogP contribution in [0.4, 0.5) is 0 Å². The van der Waals surface area contributed by atoms with Gasteiger partial charge < -0.3 is 5.73 Å². The lowest BCUT2D eigenvalue weighted by atomic mass is 10.00. The van der Waals surface area contributed by atoms with Crippen LogP contribution in [0.1, 0.15) is 28.4 Å². The van der Waals surface area contributed by atoms with Crippen LogP contribution in [-0.4, -0.2) is 10.2 Å². The highest BCUT2D eigenvalue weighted by atomic mass is 15.1. The smallest absolute Gasteiger partial charge is 0.0720 e. The first-order chi connectivity index (χ1) is 7.18. The number of hydrogen-bond donors (Lipinski definition) is 2. The Labute approximate surface area is 89.3 Å². The Balaban J connectivity index is 2.34. The molecule has 0 aliphatic heterocycles. The number of rotatable bonds is 2. The van der Waals surface area contributed by atoms with E-state index in [1.165, 1.54) is 11.1 Å². The molecule has 3 nitrogen and oxygen atoms in total. The maximum absolute atomic E-state index is 6.11. The van der Waals surface area contributed by atoms with Crippen molar-refractivity contribution in [3.05, 3.63) is 52.8 Å². The van der Waals surface area contributed by atoms with Gasteiger partial charge in [0.15, 0.2) is 0 Å². The largest absolute Gasteiger partial charge is 0.319 e. The fourth-order valence-electron chi connectivity index (χ4n) is 1.58. The van der Waals surface area contributed by atoms with Crippen LogP contribution in [0.15, 0.2) is 30.5 Å². The first-order valence-electron chi connectivity index (χ1n) is 5.00. The summed E-state index contributed by atoms with van der Waals surface area (Å²) < 4.78 is 0. The average Bonchev–Trinajstić information content (AvgIpc) is 2.74. The maximum Gasteiger partial charge on any atom is 0.0720 e. The molecule has 0 radical (unpaired) electrons. The quantitative estimate of drug-likeness (QED) is 0.781. The van der Waals surface area contributed by atoms with Crippen molar-refractivity contribution < 1.29 is 0 Å². The number of benzene rings is 1. The topological polar surface area (TPSA) is 54.7 Å². The van der Waals surface area contributed by atoms with Gasteiger partial charge in [-0.15, -0.1) is 0 Å². The van der Waals surface area contributed by atoms with Crippen molar-refractivity contribution in [2.45, 2.75) is 19.9 Å². The lowest BCUT2D eigenvalue weighted by Gasteiger charge is -2.11. The average molecular weight is 201 g/mol. The summed E-state index contributed by atoms with van der Waals surface area (Å²) in [4.78, 5) is 0. The number of aromatic amines is 1. The molecule has 0 fully saturated rings. The first kappa shape index (κ1) is 9.93. The number of aryl methyl sites for hydroxylation is 2. The summed E-state index contributed by atoms with van der Waals surface area (Å²) in [5.74, 6) is 0. The van der Waals surface area contributed by atoms with Crippen molar-refractivity contribution in [3.8, 4) is 0 Å². The minimum absolute atomic E-state index is 0.119. The van der Waals surface area contributed by atoms with Crippen molar-refractivity contribution in [2.24, 2.45) is 5.73 Å². The summed E-state index contributed by atoms with van der Waals surface area (Å²) in [6.07, 6.45) is 1.72. The molecule has 3 N–H and O–H groups in total. The molecule has 1 heterocycles. The van der Waals surface area contributed by atoms with E-state index in [2.05, 4.69) is 42.2 Å². The lowest BCUT2D eigenvalue weighted by molar-refractivity contribution is 0.814. The van der Waals surface area contributed by atoms with E-state index in [-0.39, 0.29) is 6.04 Å². The van der Waals surface area contributed by atoms with Crippen LogP contribution >= 0.6 is 0 Å². The summed E-state index contributed by atoms with van der Waals surface area (Å²) in [6.45, 7) is 4.19. The molecule has 15 heavy (non-hydrogen) atoms. The van der Waals surface area contributed by atoms with Gasteiger partial charge in [-0.2, -0.15) is 5.10 Å². The molecule has 0 bridgehead atoms. The SMILES string of the molecule is Cc1ccc(C(N)c2ccn[nH]2)cc1C. The molecule has 1 aromatic heterocycles. The van der Waals surface area contributed by atoms with E-state index >= 15 is 0 Å². The van der Waals surface area contributed by atoms with Gasteiger partial charge in [0.25, 0.3) is 0 Å². The van der Waals surface area contributed by atoms with Crippen molar-refractivity contribution in [1.82, 2.24) is 10.2 Å². The number of hydrogen-bond acceptors (Lipinski definition) is 2. The normalized spacial score (nSPS) is 12.7. The summed E-state index contributed by atoms with van der Waals surface area (Å²) >= 11 is 0. The van der Waals surface area contributed by atoms with E-state index in [1.54, 1.807) is 6.20 Å². The molecule has 2 aromatic rings. The molecule has 0 aliphatic carbocycles. The predicted molar refractivity (Wildman–Crippen MR) is 60.5 cm³/mol. The first-order valence-corrected chi connectivity index (χ1v) is 5.00. The Bertz CT molecular complexity index is 446. The Morgan fingerprint density at radius 3 is 2.60 bits per heavy atom. The van der Waals surface area contributed by atoms with E-state index in [0.29, 0.717) is 0 Å². The molecule has 0 aliphatic rings. The van der Waals surface area contributed by atoms with Gasteiger partial charge in [0.1, 0.15) is 0 Å². The zero-order valence-corrected chi connectivity index (χ0v) is 8.99. The molecule has 0 amide bonds. The van der Waals surface area contributed by atoms with Crippen molar-refractivity contribution in [1.29, 1.82) is 0 Å². The van der Waals surface area contributed by atoms with Gasteiger partial charge in [-0.1, -0.05) is 18.2 Å². The van der Waals surface area contributed by atoms with E-state index in [9.17, 15) is 0 Å². The van der Waals surface area contributed by atoms with E-state index in [0.717, 1.165) is 11.3 Å². The number of aromatic nitrogens is 2. The molecule has 0 saturated carbocycles. The lowest BCUT2D eigenvalue weighted by Crippen LogP contribution is -2.12. The van der Waals surface area contributed by atoms with Crippen LogP contribution in [0.5, 0.6) is 0 Å². The van der Waals surface area contributed by atoms with Crippen molar-refractivity contribution >= 4 is 0 Å². The fourth-order valence-corrected chi connectivity index (χ4v) is 1.58. The van der Waals surface area contributed by atoms with Gasteiger partial charge in [0.05, 0.1) is 11.7 Å². The van der Waals surface area contributed by atoms with Gasteiger partial charge in [-0.05, 0) is 36.6 Å². The Morgan fingerprint density at radius 1 is 1.20 bits per heavy atom. The Morgan fingerprint density at radius 2 is 2.00 bits per heavy atom. The standard InChI is InChI=1S/C12H15N3/c1-8-3-4-10(7-9(8)2)12(13)11-5-6-14-15-11/h3-7,12H,13H2,1-2H3,(H,14,15). The van der Waals surface area contributed by atoms with Gasteiger partial charge >= 0.3 is 0 Å². The minimum Gasteiger partial charge on any atom is -0.319 e. The molecule has 3 heteroatoms. The van der Waals surface area contributed by atoms with E-state index < -0.39 is 0 Å². The van der Waals surface area contributed by atoms with Crippen molar-refractivity contribution in [3.63, 3.8) is 0 Å². The van der Waals surface area contributed by atoms with Crippen LogP contribution < -0.4 is 5.73 Å². The van der Waals surface area contributed by atoms with Crippen LogP contribution in [0.3, 0.4) is 0 Å². The summed E-state index contributed by atoms with van der Waals surface area (Å²) in [6, 6.07) is 8.07. The second kappa shape index (κ2) is 3.87. The third kappa shape index (κ3) is 1.92. The maximum atomic E-state index is 6.11. The second-order valence-electron chi connectivity index (χ2n) is 3.83. The minimum atomic E-state index is -0.119. The van der Waals surface area contributed by atoms with Gasteiger partial charge in [0.2, 0.25) is 0 Å². The molecule has 2 rings (SSSR count). The van der Waals surface area contributed by atoms with Crippen LogP contribution in [-0.2, 0) is 0 Å². The zero-order valence-electron chi connectivity index (χ0n) is 8.99. The molecular formula is C12H15N3. The van der Waals surface area contributed by atoms with E-state index in [4.69, 9.17) is 5.73 Å². The third-order valence-corrected chi connectivity index (χ3v) is 2.75. The molecule has 0 spiro atoms. The fraction of sp³-hybridized carbons (Fsp3) is 0.250. The van der Waals surface area contributed by atoms with Gasteiger partial charge in [-0.3, -0.25) is 5.10 Å². The van der Waals surface area contributed by atoms with Crippen molar-refractivity contribution in [2.75, 3.05) is 0 Å². The summed E-state index contributed by atoms with van der Waals surface area (Å²) in [5.41, 5.74) is 10.7. The molecule has 0 saturated heterocycles. The summed E-state index contributed by atoms with van der Waals surface area (Å²) in [5, 5.41) is 6.80. The zero-order chi connectivity index (χ0) is 10.8. The molecule has 1 unspecified atom stereocenters. The number of nitrogens with one attached hydrogen (secondary N) is 1. The predicted octanol–water partition coefficient (Wildman–Crippen LogP) is 2.07. The van der Waals surface area contributed by atoms with Crippen LogP contribution in [0, 0.1) is 13.8 Å². The highest BCUT2D eigenvalue weighted by Gasteiger charge is 2.10. The highest BCUT2D eigenvalue weighted by Crippen LogP contribution is 2.19. The van der Waals surface area contributed by atoms with Gasteiger partial charge in [0, 0.05) is 6.20 Å². The van der Waals surface area contributed by atoms with E-state index in [1.807, 2.05) is 6.07 Å². The molecular weight excluding hydrogens is 186 g/mol. The third-order valence-electron chi connectivity index (χ3n) is 2.75. The summed E-state index contributed by atoms with van der Waals surface area (Å²) in [7, 11) is 0. The number of H-pyrrole nitrogens is 1. The monoisotopic (exact) mass is 201 g/mol. The molecule has 1 atom stereocenters. The Kier molecular flexibility index (Phi) is 2.56. The van der Waals surface area contributed by atoms with Crippen LogP contribution in [0.2, 0.25) is 0 Å². The number of nitrogens with zero attached hydrogens (tertiary/aromatic N) is 1. The van der Waals surface area contributed by atoms with Gasteiger partial charge in [-0.25, -0.2) is 0 Å². The highest BCUT2D eigenvalue weighted by molar-refractivity contribution is 5.34. The molecule has 1 aromatic carbocycles. The number of nitrogens with two attached hydrogens (primary N) is 1. The second-order valence-corrected chi connectivity index (χ2v) is 3.83. The molecule has 78 valence electrons. The van der Waals surface area contributed by atoms with Crippen LogP contribution in [0.25, 0.3) is 0 Å². The Hall–Kier alpha value is -1.61.